The average molecular weight is 1750 g/mol. The normalized spacial score (nSPS) is 12.3. The first-order chi connectivity index (χ1) is 48.2. The third kappa shape index (κ3) is 29.2. The van der Waals surface area contributed by atoms with Crippen molar-refractivity contribution in [3.05, 3.63) is 155 Å². The van der Waals surface area contributed by atoms with E-state index >= 15 is 0 Å². The van der Waals surface area contributed by atoms with Gasteiger partial charge in [-0.3, -0.25) is 0 Å². The Morgan fingerprint density at radius 1 is 0.490 bits per heavy atom. The molecule has 4 aromatic carbocycles. The summed E-state index contributed by atoms with van der Waals surface area (Å²) in [6.45, 7) is 33.5. The summed E-state index contributed by atoms with van der Waals surface area (Å²) in [6.07, 6.45) is 0. The van der Waals surface area contributed by atoms with Gasteiger partial charge in [-0.25, -0.2) is 28.3 Å². The molecule has 4 aliphatic rings. The number of aromatic carboxylic acids is 1. The number of esters is 3. The molecule has 2 heterocycles. The number of ether oxygens (including phenoxy) is 5. The van der Waals surface area contributed by atoms with E-state index < -0.39 is 62.8 Å². The number of rotatable bonds is 23. The molecule has 8 rings (SSSR count). The van der Waals surface area contributed by atoms with Crippen molar-refractivity contribution in [2.75, 3.05) is 108 Å². The number of benzene rings is 6. The molecule has 0 saturated heterocycles. The molecule has 0 saturated carbocycles. The fourth-order valence-electron chi connectivity index (χ4n) is 10.4. The number of alkyl halides is 2. The second-order valence-electron chi connectivity index (χ2n) is 22.2. The van der Waals surface area contributed by atoms with Gasteiger partial charge in [0.25, 0.3) is 0 Å². The number of carbonyl (C=O) groups excluding carboxylic acids is 3. The molecule has 104 heavy (non-hydrogen) atoms. The first kappa shape index (κ1) is 90.4. The summed E-state index contributed by atoms with van der Waals surface area (Å²) in [4.78, 5) is 52.3. The van der Waals surface area contributed by atoms with Crippen LogP contribution < -0.4 is 39.1 Å². The van der Waals surface area contributed by atoms with Gasteiger partial charge in [0, 0.05) is 93.9 Å². The van der Waals surface area contributed by atoms with Crippen LogP contribution in [0.15, 0.2) is 142 Å². The number of hydrogen-bond donors (Lipinski definition) is 2. The monoisotopic (exact) mass is 1740 g/mol. The minimum atomic E-state index is -11.2. The Hall–Kier alpha value is -7.84. The number of fused-ring (bicyclic) bond motifs is 4. The van der Waals surface area contributed by atoms with Gasteiger partial charge in [0.05, 0.1) is 49.4 Å². The number of aliphatic hydroxyl groups excluding tert-OH is 1. The molecule has 0 atom stereocenters. The van der Waals surface area contributed by atoms with E-state index in [1.807, 2.05) is 60.7 Å². The van der Waals surface area contributed by atoms with Crippen LogP contribution in [0.2, 0.25) is 0 Å². The van der Waals surface area contributed by atoms with Gasteiger partial charge < -0.3 is 52.5 Å². The second-order valence-corrected chi connectivity index (χ2v) is 33.9. The van der Waals surface area contributed by atoms with Crippen molar-refractivity contribution >= 4 is 119 Å². The number of halogens is 14. The molecule has 0 amide bonds. The van der Waals surface area contributed by atoms with Crippen molar-refractivity contribution in [1.82, 2.24) is 9.15 Å². The number of aliphatic hydroxyl groups is 1. The fourth-order valence-corrected chi connectivity index (χ4v) is 10.4. The van der Waals surface area contributed by atoms with Crippen molar-refractivity contribution in [2.24, 2.45) is 0 Å². The summed E-state index contributed by atoms with van der Waals surface area (Å²) in [6, 6.07) is 34.8. The summed E-state index contributed by atoms with van der Waals surface area (Å²) in [5.41, 5.74) is 9.47. The van der Waals surface area contributed by atoms with Crippen LogP contribution in [0.5, 0.6) is 11.5 Å². The first-order valence-corrected chi connectivity index (χ1v) is 44.8. The average Bonchev–Trinajstić information content (AvgIpc) is 0.744. The molecule has 2 aliphatic heterocycles. The van der Waals surface area contributed by atoms with Crippen LogP contribution in [0.3, 0.4) is 0 Å². The molecule has 0 spiro atoms. The third-order valence-electron chi connectivity index (χ3n) is 14.9. The fraction of sp³-hybridized carbons (Fsp3) is 0.352. The number of methoxy groups -OCH3 is 2. The third-order valence-corrected chi connectivity index (χ3v) is 14.9. The quantitative estimate of drug-likeness (QED) is 0.00706. The van der Waals surface area contributed by atoms with E-state index in [0.717, 1.165) is 113 Å². The van der Waals surface area contributed by atoms with E-state index in [0.29, 0.717) is 50.7 Å². The number of hydrogen-bond acceptors (Lipinski definition) is 14. The zero-order valence-corrected chi connectivity index (χ0v) is 66.0. The number of anilines is 2. The minimum absolute atomic E-state index is 0.0473. The molecule has 33 heteroatoms. The van der Waals surface area contributed by atoms with Crippen molar-refractivity contribution in [1.29, 1.82) is 0 Å². The molecular weight excluding hydrogens is 1660 g/mol. The Balaban J connectivity index is 0.000000406. The molecule has 0 radical (unpaired) electrons. The van der Waals surface area contributed by atoms with Crippen LogP contribution in [0, 0.1) is 0 Å². The number of carboxylic acids is 1. The maximum absolute atomic E-state index is 13.4. The molecule has 0 aromatic heterocycles. The second kappa shape index (κ2) is 37.4. The van der Waals surface area contributed by atoms with Gasteiger partial charge in [0.15, 0.2) is 11.5 Å². The van der Waals surface area contributed by atoms with Gasteiger partial charge in [-0.2, -0.15) is 0 Å². The summed E-state index contributed by atoms with van der Waals surface area (Å²) in [5.74, 6) is 0.345. The predicted molar refractivity (Wildman–Crippen MR) is 387 cm³/mol. The van der Waals surface area contributed by atoms with Crippen molar-refractivity contribution < 1.29 is 95.7 Å². The van der Waals surface area contributed by atoms with Crippen molar-refractivity contribution in [3.63, 3.8) is 0 Å². The van der Waals surface area contributed by atoms with Crippen LogP contribution in [-0.4, -0.2) is 171 Å². The molecule has 2 N–H and O–H groups in total. The van der Waals surface area contributed by atoms with Gasteiger partial charge in [0.2, 0.25) is 10.7 Å². The molecular formula is C71H86Cl2F12N4O13Sb2. The Morgan fingerprint density at radius 3 is 1.13 bits per heavy atom. The van der Waals surface area contributed by atoms with E-state index in [-0.39, 0.29) is 42.9 Å². The Bertz CT molecular complexity index is 4360. The van der Waals surface area contributed by atoms with Crippen molar-refractivity contribution in [3.8, 4) is 56.4 Å². The molecule has 0 bridgehead atoms. The first-order valence-electron chi connectivity index (χ1n) is 32.2. The van der Waals surface area contributed by atoms with E-state index in [1.54, 1.807) is 52.3 Å². The summed E-state index contributed by atoms with van der Waals surface area (Å²) < 4.78 is 163. The maximum atomic E-state index is 13.4. The van der Waals surface area contributed by atoms with Crippen LogP contribution in [0.25, 0.3) is 66.8 Å². The standard InChI is InChI=1S/C35H41N2O6.C29H32N2O4.C6H10O3.CH2Cl2.12FH.2Sb/c1-8-36(9-2)24-16-17-27-30(20-24)43-31-22-29(37(10-3)11-4)32(40-7)21-28(31)33(27)25-14-12-13-15-26(25)35(39)42-19-18-41-34(38)23(5)6;1-6-30(7-2)19-14-15-22-25(16-19)35-26-18-24(31(8-3)9-4)27(34-5)17-23(26)28(22)20-12-10-11-13-21(20)29(32)33;1-5(2)6(8)9-4-3-7;2-1-3;;;;;;;;;;;;;;/h12-17,20-22H,5,8-11,18-19H2,1-4,6-7H3;10-18H,6-9H2,1-5H3;7H,1,3-4H2,2H3;1H2;12*1H;;/q+1;;;;;;;;;;;;;;;;2*+5/p-11. The van der Waals surface area contributed by atoms with Gasteiger partial charge >= 0.3 is 96.6 Å². The molecule has 0 fully saturated rings. The van der Waals surface area contributed by atoms with Crippen LogP contribution in [0.1, 0.15) is 90.0 Å². The number of nitrogens with zero attached hydrogens (tertiary/aromatic N) is 4. The molecule has 2 aliphatic carbocycles. The molecule has 4 aromatic rings. The van der Waals surface area contributed by atoms with Crippen LogP contribution in [-0.2, 0) is 23.8 Å². The molecule has 17 nitrogen and oxygen atoms in total. The predicted octanol–water partition coefficient (Wildman–Crippen LogP) is 17.5. The topological polar surface area (TPSA) is 194 Å². The van der Waals surface area contributed by atoms with Crippen LogP contribution >= 0.6 is 23.2 Å². The van der Waals surface area contributed by atoms with Gasteiger partial charge in [0.1, 0.15) is 68.7 Å². The van der Waals surface area contributed by atoms with E-state index in [9.17, 15) is 58.0 Å². The number of carbonyl (C=O) groups is 4. The summed E-state index contributed by atoms with van der Waals surface area (Å²) in [7, 11) is 3.32. The Labute approximate surface area is 609 Å². The van der Waals surface area contributed by atoms with Gasteiger partial charge in [-0.05, 0) is 129 Å². The van der Waals surface area contributed by atoms with E-state index in [1.165, 1.54) is 0 Å². The van der Waals surface area contributed by atoms with Gasteiger partial charge in [-0.1, -0.05) is 49.6 Å². The van der Waals surface area contributed by atoms with Crippen LogP contribution in [0.4, 0.5) is 45.1 Å². The Kier molecular flexibility index (Phi) is 32.5. The van der Waals surface area contributed by atoms with Crippen molar-refractivity contribution in [2.45, 2.75) is 69.2 Å². The zero-order valence-electron chi connectivity index (χ0n) is 59.4. The SMILES string of the molecule is C=C(C)C(=O)OCCO.C=C(C)C(=O)OCCOC(=O)c1ccccc1-c1c2cc(OC)c(=[N+](CC)CC)cc-2oc2cc(N(CC)CC)ccc12.CCN(CC)c1ccc2c(-c3ccccc3C(=O)O)c3cc(OC)c(=[N+](CC)CC)cc-3oc2c1.ClCCl.[F][Sb-]([F])([F])([F])([F])[F].[F][Sb-]([F])([F])([F])([F])[F]. The van der Waals surface area contributed by atoms with E-state index in [2.05, 4.69) is 117 Å². The molecule has 0 unspecified atom stereocenters. The number of carboxylic acid groups (broad SMARTS) is 1. The summed E-state index contributed by atoms with van der Waals surface area (Å²) in [5, 5.41) is 22.0. The Morgan fingerprint density at radius 2 is 0.817 bits per heavy atom. The zero-order chi connectivity index (χ0) is 79.0. The molecule has 576 valence electrons. The summed E-state index contributed by atoms with van der Waals surface area (Å²) >= 11 is -13.0. The van der Waals surface area contributed by atoms with E-state index in [4.69, 9.17) is 56.1 Å². The van der Waals surface area contributed by atoms with Gasteiger partial charge in [-0.15, -0.1) is 23.2 Å².